The van der Waals surface area contributed by atoms with E-state index in [4.69, 9.17) is 5.73 Å². The van der Waals surface area contributed by atoms with Crippen molar-refractivity contribution < 1.29 is 0 Å². The van der Waals surface area contributed by atoms with Crippen LogP contribution in [0.2, 0.25) is 0 Å². The summed E-state index contributed by atoms with van der Waals surface area (Å²) >= 11 is 4.18. The van der Waals surface area contributed by atoms with Gasteiger partial charge in [-0.3, -0.25) is 0 Å². The zero-order chi connectivity index (χ0) is 18.5. The number of thiol groups is 1. The van der Waals surface area contributed by atoms with Gasteiger partial charge in [0.2, 0.25) is 0 Å². The van der Waals surface area contributed by atoms with Gasteiger partial charge in [0.05, 0.1) is 0 Å². The van der Waals surface area contributed by atoms with Crippen molar-refractivity contribution in [2.45, 2.75) is 6.42 Å². The lowest BCUT2D eigenvalue weighted by molar-refractivity contribution is 0.735. The summed E-state index contributed by atoms with van der Waals surface area (Å²) in [5, 5.41) is 3.30. The number of benzene rings is 1. The third-order valence-electron chi connectivity index (χ3n) is 3.43. The van der Waals surface area contributed by atoms with Crippen molar-refractivity contribution in [3.63, 3.8) is 0 Å². The van der Waals surface area contributed by atoms with Gasteiger partial charge in [-0.15, -0.1) is 11.5 Å². The van der Waals surface area contributed by atoms with E-state index >= 15 is 0 Å². The topological polar surface area (TPSA) is 38.0 Å². The molecule has 3 N–H and O–H groups in total. The minimum atomic E-state index is 0.677. The molecular formula is C22H26N2S. The normalized spacial score (nSPS) is 9.32. The summed E-state index contributed by atoms with van der Waals surface area (Å²) in [6.45, 7) is 13.4. The van der Waals surface area contributed by atoms with Gasteiger partial charge in [-0.25, -0.2) is 0 Å². The van der Waals surface area contributed by atoms with Crippen molar-refractivity contribution in [3.05, 3.63) is 96.5 Å². The van der Waals surface area contributed by atoms with Crippen molar-refractivity contribution in [1.29, 1.82) is 0 Å². The number of anilines is 1. The number of rotatable bonds is 10. The Morgan fingerprint density at radius 2 is 1.96 bits per heavy atom. The van der Waals surface area contributed by atoms with Crippen LogP contribution in [-0.4, -0.2) is 18.8 Å². The van der Waals surface area contributed by atoms with E-state index in [-0.39, 0.29) is 0 Å². The van der Waals surface area contributed by atoms with Gasteiger partial charge in [-0.2, -0.15) is 12.6 Å². The highest BCUT2D eigenvalue weighted by atomic mass is 32.1. The van der Waals surface area contributed by atoms with Crippen LogP contribution >= 0.6 is 12.6 Å². The molecule has 0 atom stereocenters. The molecule has 1 rings (SSSR count). The van der Waals surface area contributed by atoms with Crippen molar-refractivity contribution in [1.82, 2.24) is 5.32 Å². The second-order valence-corrected chi connectivity index (χ2v) is 5.71. The summed E-state index contributed by atoms with van der Waals surface area (Å²) in [4.78, 5) is 0. The van der Waals surface area contributed by atoms with Crippen LogP contribution in [0.4, 0.5) is 5.69 Å². The first-order valence-corrected chi connectivity index (χ1v) is 8.79. The number of nitrogen functional groups attached to an aromatic ring is 1. The Morgan fingerprint density at radius 3 is 2.60 bits per heavy atom. The molecule has 0 radical (unpaired) electrons. The van der Waals surface area contributed by atoms with Crippen LogP contribution in [0.5, 0.6) is 0 Å². The maximum Gasteiger partial charge on any atom is 0.0393 e. The van der Waals surface area contributed by atoms with Crippen LogP contribution in [0.1, 0.15) is 12.0 Å². The largest absolute Gasteiger partial charge is 0.398 e. The molecule has 0 spiro atoms. The molecule has 0 aliphatic heterocycles. The molecule has 25 heavy (non-hydrogen) atoms. The van der Waals surface area contributed by atoms with Gasteiger partial charge in [0.1, 0.15) is 0 Å². The van der Waals surface area contributed by atoms with E-state index < -0.39 is 0 Å². The summed E-state index contributed by atoms with van der Waals surface area (Å²) < 4.78 is 0. The Hall–Kier alpha value is -2.41. The summed E-state index contributed by atoms with van der Waals surface area (Å²) in [5.74, 6) is 0.883. The average molecular weight is 351 g/mol. The predicted octanol–water partition coefficient (Wildman–Crippen LogP) is 4.73. The van der Waals surface area contributed by atoms with Crippen molar-refractivity contribution in [2.75, 3.05) is 24.6 Å². The SMILES string of the molecule is C=CC(=C=C(C=C=CCNCCCS)C(=C)c1ccccc1N)C=C. The van der Waals surface area contributed by atoms with Crippen molar-refractivity contribution >= 4 is 23.9 Å². The highest BCUT2D eigenvalue weighted by Crippen LogP contribution is 2.26. The fourth-order valence-electron chi connectivity index (χ4n) is 2.04. The van der Waals surface area contributed by atoms with Crippen LogP contribution in [0, 0.1) is 0 Å². The summed E-state index contributed by atoms with van der Waals surface area (Å²) in [6, 6.07) is 7.63. The highest BCUT2D eigenvalue weighted by molar-refractivity contribution is 7.80. The molecule has 3 heteroatoms. The molecule has 0 saturated heterocycles. The Bertz CT molecular complexity index is 733. The molecule has 1 aromatic rings. The average Bonchev–Trinajstić information content (AvgIpc) is 2.63. The van der Waals surface area contributed by atoms with E-state index in [1.807, 2.05) is 36.4 Å². The quantitative estimate of drug-likeness (QED) is 0.188. The molecule has 0 heterocycles. The second kappa shape index (κ2) is 12.0. The van der Waals surface area contributed by atoms with Crippen LogP contribution in [0.25, 0.3) is 5.57 Å². The van der Waals surface area contributed by atoms with E-state index in [0.29, 0.717) is 5.69 Å². The summed E-state index contributed by atoms with van der Waals surface area (Å²) in [7, 11) is 0. The lowest BCUT2D eigenvalue weighted by atomic mass is 9.97. The van der Waals surface area contributed by atoms with E-state index in [9.17, 15) is 0 Å². The minimum Gasteiger partial charge on any atom is -0.398 e. The maximum absolute atomic E-state index is 6.07. The molecule has 0 aliphatic rings. The first kappa shape index (κ1) is 20.6. The monoisotopic (exact) mass is 350 g/mol. The number of hydrogen-bond donors (Lipinski definition) is 3. The molecule has 0 saturated carbocycles. The number of hydrogen-bond acceptors (Lipinski definition) is 3. The molecular weight excluding hydrogens is 324 g/mol. The number of allylic oxidation sites excluding steroid dienone is 4. The van der Waals surface area contributed by atoms with Crippen LogP contribution in [-0.2, 0) is 0 Å². The molecule has 1 aromatic carbocycles. The first-order valence-electron chi connectivity index (χ1n) is 8.16. The summed E-state index contributed by atoms with van der Waals surface area (Å²) in [5.41, 5.74) is 16.4. The molecule has 0 bridgehead atoms. The zero-order valence-corrected chi connectivity index (χ0v) is 15.5. The molecule has 0 amide bonds. The van der Waals surface area contributed by atoms with Gasteiger partial charge in [0.25, 0.3) is 0 Å². The number of para-hydroxylation sites is 1. The molecule has 0 aliphatic carbocycles. The Balaban J connectivity index is 3.11. The maximum atomic E-state index is 6.07. The zero-order valence-electron chi connectivity index (χ0n) is 14.6. The second-order valence-electron chi connectivity index (χ2n) is 5.26. The number of nitrogens with one attached hydrogen (secondary N) is 1. The highest BCUT2D eigenvalue weighted by Gasteiger charge is 2.06. The lowest BCUT2D eigenvalue weighted by Crippen LogP contribution is -2.14. The van der Waals surface area contributed by atoms with Crippen molar-refractivity contribution in [2.24, 2.45) is 0 Å². The van der Waals surface area contributed by atoms with E-state index in [1.165, 1.54) is 0 Å². The van der Waals surface area contributed by atoms with E-state index in [0.717, 1.165) is 47.5 Å². The Labute approximate surface area is 156 Å². The smallest absolute Gasteiger partial charge is 0.0393 e. The molecule has 2 nitrogen and oxygen atoms in total. The Morgan fingerprint density at radius 1 is 1.24 bits per heavy atom. The lowest BCUT2D eigenvalue weighted by Gasteiger charge is -2.08. The first-order chi connectivity index (χ1) is 12.1. The molecule has 0 aromatic heterocycles. The number of nitrogens with two attached hydrogens (primary N) is 1. The molecule has 130 valence electrons. The van der Waals surface area contributed by atoms with Crippen molar-refractivity contribution in [3.8, 4) is 0 Å². The third kappa shape index (κ3) is 7.34. The van der Waals surface area contributed by atoms with Crippen LogP contribution in [0.3, 0.4) is 0 Å². The van der Waals surface area contributed by atoms with Gasteiger partial charge in [-0.1, -0.05) is 50.1 Å². The molecule has 0 unspecified atom stereocenters. The molecule has 0 fully saturated rings. The van der Waals surface area contributed by atoms with Gasteiger partial charge in [0, 0.05) is 28.9 Å². The Kier molecular flexibility index (Phi) is 9.92. The third-order valence-corrected chi connectivity index (χ3v) is 3.75. The van der Waals surface area contributed by atoms with E-state index in [1.54, 1.807) is 12.2 Å². The fourth-order valence-corrected chi connectivity index (χ4v) is 2.19. The van der Waals surface area contributed by atoms with Gasteiger partial charge >= 0.3 is 0 Å². The van der Waals surface area contributed by atoms with Gasteiger partial charge in [-0.05, 0) is 42.5 Å². The fraction of sp³-hybridized carbons (Fsp3) is 0.182. The van der Waals surface area contributed by atoms with E-state index in [2.05, 4.69) is 49.1 Å². The van der Waals surface area contributed by atoms with Gasteiger partial charge < -0.3 is 11.1 Å². The van der Waals surface area contributed by atoms with Crippen LogP contribution < -0.4 is 11.1 Å². The predicted molar refractivity (Wildman–Crippen MR) is 115 cm³/mol. The van der Waals surface area contributed by atoms with Crippen LogP contribution in [0.15, 0.2) is 90.9 Å². The standard InChI is InChI=1S/C22H26N2S/c1-4-19(5-2)17-20(11-8-9-14-24-15-10-16-25)18(3)21-12-6-7-13-22(21)23/h4-7,9,11-13,24-25H,1-3,10,14-16,23H2. The minimum absolute atomic E-state index is 0.677. The van der Waals surface area contributed by atoms with Gasteiger partial charge in [0.15, 0.2) is 0 Å². The summed E-state index contributed by atoms with van der Waals surface area (Å²) in [6.07, 6.45) is 8.22.